The largest absolute Gasteiger partial charge is 0.369 e. The fraction of sp³-hybridized carbons (Fsp3) is 0.615. The Morgan fingerprint density at radius 1 is 1.45 bits per heavy atom. The lowest BCUT2D eigenvalue weighted by Crippen LogP contribution is -2.27. The first-order valence-corrected chi connectivity index (χ1v) is 8.75. The summed E-state index contributed by atoms with van der Waals surface area (Å²) in [5, 5.41) is 3.29. The van der Waals surface area contributed by atoms with Crippen LogP contribution in [0, 0.1) is 5.92 Å². The van der Waals surface area contributed by atoms with Gasteiger partial charge in [-0.25, -0.2) is 18.1 Å². The Kier molecular flexibility index (Phi) is 4.88. The SMILES string of the molecule is CCCC1CC1NS(=O)(=O)c1cnc(NCC)c(Cl)c1. The number of nitrogens with one attached hydrogen (secondary N) is 2. The molecule has 20 heavy (non-hydrogen) atoms. The Hall–Kier alpha value is -0.850. The molecule has 5 nitrogen and oxygen atoms in total. The van der Waals surface area contributed by atoms with Gasteiger partial charge in [-0.05, 0) is 31.7 Å². The van der Waals surface area contributed by atoms with Gasteiger partial charge in [0.05, 0.1) is 5.02 Å². The van der Waals surface area contributed by atoms with E-state index in [2.05, 4.69) is 21.9 Å². The lowest BCUT2D eigenvalue weighted by Gasteiger charge is -2.09. The van der Waals surface area contributed by atoms with E-state index in [1.807, 2.05) is 6.92 Å². The molecule has 0 aromatic carbocycles. The van der Waals surface area contributed by atoms with E-state index in [9.17, 15) is 8.42 Å². The lowest BCUT2D eigenvalue weighted by molar-refractivity contribution is 0.572. The molecule has 2 N–H and O–H groups in total. The third-order valence-corrected chi connectivity index (χ3v) is 5.10. The molecule has 1 aromatic heterocycles. The summed E-state index contributed by atoms with van der Waals surface area (Å²) in [6.45, 7) is 4.70. The van der Waals surface area contributed by atoms with Crippen LogP contribution < -0.4 is 10.0 Å². The topological polar surface area (TPSA) is 71.1 Å². The summed E-state index contributed by atoms with van der Waals surface area (Å²) in [6.07, 6.45) is 4.40. The first-order chi connectivity index (χ1) is 9.47. The van der Waals surface area contributed by atoms with Gasteiger partial charge in [0.15, 0.2) is 0 Å². The van der Waals surface area contributed by atoms with Crippen molar-refractivity contribution in [3.63, 3.8) is 0 Å². The number of sulfonamides is 1. The standard InChI is InChI=1S/C13H20ClN3O2S/c1-3-5-9-6-12(9)17-20(18,19)10-7-11(14)13(15-4-2)16-8-10/h7-9,12,17H,3-6H2,1-2H3,(H,15,16). The second-order valence-corrected chi connectivity index (χ2v) is 7.17. The number of pyridine rings is 1. The van der Waals surface area contributed by atoms with Crippen molar-refractivity contribution in [3.05, 3.63) is 17.3 Å². The molecule has 0 aliphatic heterocycles. The molecule has 1 saturated carbocycles. The van der Waals surface area contributed by atoms with Gasteiger partial charge in [0.25, 0.3) is 0 Å². The number of hydrogen-bond acceptors (Lipinski definition) is 4. The van der Waals surface area contributed by atoms with Gasteiger partial charge in [0, 0.05) is 18.8 Å². The lowest BCUT2D eigenvalue weighted by atomic mass is 10.2. The molecular formula is C13H20ClN3O2S. The highest BCUT2D eigenvalue weighted by Crippen LogP contribution is 2.35. The second kappa shape index (κ2) is 6.28. The third-order valence-electron chi connectivity index (χ3n) is 3.36. The molecule has 1 aliphatic rings. The molecule has 7 heteroatoms. The van der Waals surface area contributed by atoms with Crippen LogP contribution in [0.3, 0.4) is 0 Å². The summed E-state index contributed by atoms with van der Waals surface area (Å²) >= 11 is 6.03. The summed E-state index contributed by atoms with van der Waals surface area (Å²) in [4.78, 5) is 4.17. The minimum absolute atomic E-state index is 0.0622. The van der Waals surface area contributed by atoms with Crippen LogP contribution >= 0.6 is 11.6 Å². The van der Waals surface area contributed by atoms with Crippen LogP contribution in [-0.2, 0) is 10.0 Å². The molecule has 0 radical (unpaired) electrons. The number of nitrogens with zero attached hydrogens (tertiary/aromatic N) is 1. The zero-order valence-electron chi connectivity index (χ0n) is 11.7. The van der Waals surface area contributed by atoms with Crippen LogP contribution in [0.1, 0.15) is 33.1 Å². The highest BCUT2D eigenvalue weighted by Gasteiger charge is 2.39. The molecular weight excluding hydrogens is 298 g/mol. The number of hydrogen-bond donors (Lipinski definition) is 2. The van der Waals surface area contributed by atoms with Crippen LogP contribution in [0.2, 0.25) is 5.02 Å². The number of halogens is 1. The highest BCUT2D eigenvalue weighted by atomic mass is 35.5. The first-order valence-electron chi connectivity index (χ1n) is 6.89. The molecule has 0 spiro atoms. The van der Waals surface area contributed by atoms with Crippen molar-refractivity contribution in [2.24, 2.45) is 5.92 Å². The van der Waals surface area contributed by atoms with Gasteiger partial charge >= 0.3 is 0 Å². The zero-order chi connectivity index (χ0) is 14.8. The highest BCUT2D eigenvalue weighted by molar-refractivity contribution is 7.89. The molecule has 0 amide bonds. The van der Waals surface area contributed by atoms with Gasteiger partial charge in [0.2, 0.25) is 10.0 Å². The number of aromatic nitrogens is 1. The molecule has 0 saturated heterocycles. The van der Waals surface area contributed by atoms with E-state index >= 15 is 0 Å². The fourth-order valence-corrected chi connectivity index (χ4v) is 3.80. The molecule has 1 heterocycles. The Bertz CT molecular complexity index is 577. The zero-order valence-corrected chi connectivity index (χ0v) is 13.3. The van der Waals surface area contributed by atoms with Gasteiger partial charge < -0.3 is 5.32 Å². The summed E-state index contributed by atoms with van der Waals surface area (Å²) < 4.78 is 27.2. The summed E-state index contributed by atoms with van der Waals surface area (Å²) in [7, 11) is -3.53. The van der Waals surface area contributed by atoms with Crippen LogP contribution in [0.15, 0.2) is 17.2 Å². The normalized spacial score (nSPS) is 21.8. The monoisotopic (exact) mass is 317 g/mol. The van der Waals surface area contributed by atoms with E-state index in [4.69, 9.17) is 11.6 Å². The second-order valence-electron chi connectivity index (χ2n) is 5.04. The maximum Gasteiger partial charge on any atom is 0.242 e. The Morgan fingerprint density at radius 2 is 2.20 bits per heavy atom. The van der Waals surface area contributed by atoms with Crippen LogP contribution in [0.25, 0.3) is 0 Å². The number of anilines is 1. The van der Waals surface area contributed by atoms with Crippen LogP contribution in [0.4, 0.5) is 5.82 Å². The summed E-state index contributed by atoms with van der Waals surface area (Å²) in [5.41, 5.74) is 0. The van der Waals surface area contributed by atoms with Gasteiger partial charge in [-0.1, -0.05) is 24.9 Å². The van der Waals surface area contributed by atoms with Crippen molar-refractivity contribution in [1.29, 1.82) is 0 Å². The van der Waals surface area contributed by atoms with E-state index in [1.165, 1.54) is 12.3 Å². The third kappa shape index (κ3) is 3.62. The molecule has 2 unspecified atom stereocenters. The molecule has 112 valence electrons. The van der Waals surface area contributed by atoms with Crippen molar-refractivity contribution in [2.45, 2.75) is 44.0 Å². The van der Waals surface area contributed by atoms with Crippen molar-refractivity contribution >= 4 is 27.4 Å². The maximum atomic E-state index is 12.2. The van der Waals surface area contributed by atoms with E-state index in [0.29, 0.717) is 23.3 Å². The van der Waals surface area contributed by atoms with Crippen LogP contribution in [-0.4, -0.2) is 26.0 Å². The Labute approximate surface area is 125 Å². The predicted molar refractivity (Wildman–Crippen MR) is 80.5 cm³/mol. The Balaban J connectivity index is 2.08. The van der Waals surface area contributed by atoms with Gasteiger partial charge in [-0.15, -0.1) is 0 Å². The van der Waals surface area contributed by atoms with Crippen LogP contribution in [0.5, 0.6) is 0 Å². The molecule has 1 aliphatic carbocycles. The van der Waals surface area contributed by atoms with Crippen molar-refractivity contribution in [2.75, 3.05) is 11.9 Å². The van der Waals surface area contributed by atoms with Gasteiger partial charge in [-0.3, -0.25) is 0 Å². The molecule has 1 aromatic rings. The predicted octanol–water partition coefficient (Wildman–Crippen LogP) is 2.63. The molecule has 2 atom stereocenters. The maximum absolute atomic E-state index is 12.2. The summed E-state index contributed by atoms with van der Waals surface area (Å²) in [5.74, 6) is 0.975. The minimum Gasteiger partial charge on any atom is -0.369 e. The van der Waals surface area contributed by atoms with E-state index in [0.717, 1.165) is 19.3 Å². The van der Waals surface area contributed by atoms with E-state index in [1.54, 1.807) is 0 Å². The quantitative estimate of drug-likeness (QED) is 0.811. The molecule has 2 rings (SSSR count). The Morgan fingerprint density at radius 3 is 2.80 bits per heavy atom. The molecule has 1 fully saturated rings. The summed E-state index contributed by atoms with van der Waals surface area (Å²) in [6, 6.07) is 1.50. The van der Waals surface area contributed by atoms with Gasteiger partial charge in [0.1, 0.15) is 10.7 Å². The van der Waals surface area contributed by atoms with Gasteiger partial charge in [-0.2, -0.15) is 0 Å². The number of rotatable bonds is 7. The van der Waals surface area contributed by atoms with Crippen molar-refractivity contribution in [3.8, 4) is 0 Å². The average Bonchev–Trinajstić information content (AvgIpc) is 3.09. The van der Waals surface area contributed by atoms with Crippen molar-refractivity contribution < 1.29 is 8.42 Å². The first kappa shape index (κ1) is 15.5. The fourth-order valence-electron chi connectivity index (χ4n) is 2.21. The minimum atomic E-state index is -3.53. The van der Waals surface area contributed by atoms with Crippen molar-refractivity contribution in [1.82, 2.24) is 9.71 Å². The van der Waals surface area contributed by atoms with E-state index < -0.39 is 10.0 Å². The molecule has 0 bridgehead atoms. The smallest absolute Gasteiger partial charge is 0.242 e. The van der Waals surface area contributed by atoms with E-state index in [-0.39, 0.29) is 10.9 Å². The average molecular weight is 318 g/mol.